The van der Waals surface area contributed by atoms with E-state index in [1.165, 1.54) is 23.0 Å². The molecule has 0 bridgehead atoms. The summed E-state index contributed by atoms with van der Waals surface area (Å²) < 4.78 is 36.5. The lowest BCUT2D eigenvalue weighted by molar-refractivity contribution is 0.415. The number of halogens is 2. The first-order valence-corrected chi connectivity index (χ1v) is 9.54. The minimum absolute atomic E-state index is 0.0986. The highest BCUT2D eigenvalue weighted by atomic mass is 19.1. The van der Waals surface area contributed by atoms with Gasteiger partial charge in [-0.2, -0.15) is 4.39 Å². The van der Waals surface area contributed by atoms with Crippen molar-refractivity contribution in [2.75, 3.05) is 0 Å². The van der Waals surface area contributed by atoms with Gasteiger partial charge in [-0.3, -0.25) is 9.98 Å². The van der Waals surface area contributed by atoms with Crippen LogP contribution in [0.15, 0.2) is 61.1 Å². The molecule has 0 saturated carbocycles. The smallest absolute Gasteiger partial charge is 0.220 e. The van der Waals surface area contributed by atoms with Crippen LogP contribution in [0.1, 0.15) is 28.4 Å². The highest BCUT2D eigenvalue weighted by Crippen LogP contribution is 2.49. The number of imidazole rings is 1. The number of aromatic nitrogens is 3. The van der Waals surface area contributed by atoms with Crippen LogP contribution in [0.5, 0.6) is 11.5 Å². The molecule has 8 heteroatoms. The molecule has 1 atom stereocenters. The molecule has 0 aliphatic carbocycles. The van der Waals surface area contributed by atoms with Gasteiger partial charge in [-0.15, -0.1) is 0 Å². The molecule has 4 aromatic rings. The van der Waals surface area contributed by atoms with Crippen LogP contribution in [0, 0.1) is 24.1 Å². The number of nitrogens with two attached hydrogens (primary N) is 1. The Labute approximate surface area is 176 Å². The Balaban J connectivity index is 1.78. The molecule has 1 aliphatic rings. The third kappa shape index (κ3) is 3.04. The van der Waals surface area contributed by atoms with E-state index in [4.69, 9.17) is 15.9 Å². The lowest BCUT2D eigenvalue weighted by atomic mass is 9.85. The molecule has 0 fully saturated rings. The van der Waals surface area contributed by atoms with Crippen molar-refractivity contribution in [1.29, 1.82) is 5.41 Å². The molecule has 3 heterocycles. The predicted octanol–water partition coefficient (Wildman–Crippen LogP) is 4.56. The first-order valence-electron chi connectivity index (χ1n) is 9.54. The van der Waals surface area contributed by atoms with E-state index in [0.29, 0.717) is 39.4 Å². The largest absolute Gasteiger partial charge is 0.454 e. The fraction of sp³-hybridized carbons (Fsp3) is 0.0870. The van der Waals surface area contributed by atoms with Crippen LogP contribution >= 0.6 is 0 Å². The molecular formula is C23H17F2N5O. The Morgan fingerprint density at radius 2 is 1.94 bits per heavy atom. The Morgan fingerprint density at radius 3 is 2.71 bits per heavy atom. The van der Waals surface area contributed by atoms with Crippen LogP contribution in [-0.2, 0) is 0 Å². The van der Waals surface area contributed by atoms with Crippen LogP contribution in [-0.4, -0.2) is 20.5 Å². The molecule has 0 spiro atoms. The first-order chi connectivity index (χ1) is 14.9. The van der Waals surface area contributed by atoms with Crippen molar-refractivity contribution in [2.45, 2.75) is 12.8 Å². The molecule has 5 rings (SSSR count). The first kappa shape index (κ1) is 18.9. The van der Waals surface area contributed by atoms with E-state index in [9.17, 15) is 8.78 Å². The fourth-order valence-corrected chi connectivity index (χ4v) is 4.00. The summed E-state index contributed by atoms with van der Waals surface area (Å²) in [6.45, 7) is 1.79. The van der Waals surface area contributed by atoms with E-state index in [1.54, 1.807) is 43.5 Å². The molecule has 3 N–H and O–H groups in total. The van der Waals surface area contributed by atoms with Crippen LogP contribution in [0.25, 0.3) is 11.1 Å². The number of rotatable bonds is 2. The van der Waals surface area contributed by atoms with E-state index in [-0.39, 0.29) is 11.7 Å². The summed E-state index contributed by atoms with van der Waals surface area (Å²) >= 11 is 0. The minimum atomic E-state index is -0.594. The zero-order valence-electron chi connectivity index (χ0n) is 16.4. The van der Waals surface area contributed by atoms with Gasteiger partial charge in [-0.1, -0.05) is 12.1 Å². The van der Waals surface area contributed by atoms with Crippen molar-refractivity contribution in [2.24, 2.45) is 5.73 Å². The lowest BCUT2D eigenvalue weighted by Crippen LogP contribution is -2.25. The van der Waals surface area contributed by atoms with Gasteiger partial charge < -0.3 is 10.5 Å². The molecular weight excluding hydrogens is 400 g/mol. The third-order valence-corrected chi connectivity index (χ3v) is 5.32. The second kappa shape index (κ2) is 7.02. The van der Waals surface area contributed by atoms with Crippen molar-refractivity contribution in [3.05, 3.63) is 95.3 Å². The third-order valence-electron chi connectivity index (χ3n) is 5.32. The Hall–Kier alpha value is -4.07. The Kier molecular flexibility index (Phi) is 4.28. The second-order valence-corrected chi connectivity index (χ2v) is 7.34. The monoisotopic (exact) mass is 417 g/mol. The summed E-state index contributed by atoms with van der Waals surface area (Å²) in [5.41, 5.74) is 8.60. The summed E-state index contributed by atoms with van der Waals surface area (Å²) in [7, 11) is 0. The van der Waals surface area contributed by atoms with Crippen molar-refractivity contribution >= 4 is 5.96 Å². The number of aryl methyl sites for hydroxylation is 1. The Bertz CT molecular complexity index is 1350. The van der Waals surface area contributed by atoms with Gasteiger partial charge >= 0.3 is 0 Å². The molecule has 1 aliphatic heterocycles. The topological polar surface area (TPSA) is 89.8 Å². The highest BCUT2D eigenvalue weighted by Gasteiger charge is 2.34. The predicted molar refractivity (Wildman–Crippen MR) is 111 cm³/mol. The number of nitrogens with one attached hydrogen (secondary N) is 1. The van der Waals surface area contributed by atoms with Crippen LogP contribution in [0.4, 0.5) is 8.78 Å². The zero-order chi connectivity index (χ0) is 21.7. The summed E-state index contributed by atoms with van der Waals surface area (Å²) in [5, 5.41) is 7.91. The van der Waals surface area contributed by atoms with E-state index < -0.39 is 17.7 Å². The van der Waals surface area contributed by atoms with Crippen molar-refractivity contribution in [3.8, 4) is 22.6 Å². The van der Waals surface area contributed by atoms with Crippen LogP contribution in [0.3, 0.4) is 0 Å². The average Bonchev–Trinajstić information content (AvgIpc) is 3.22. The molecule has 0 saturated heterocycles. The number of benzene rings is 2. The Morgan fingerprint density at radius 1 is 1.10 bits per heavy atom. The molecule has 0 amide bonds. The second-order valence-electron chi connectivity index (χ2n) is 7.34. The van der Waals surface area contributed by atoms with Gasteiger partial charge in [-0.05, 0) is 48.4 Å². The van der Waals surface area contributed by atoms with Crippen molar-refractivity contribution in [1.82, 2.24) is 14.5 Å². The number of nitrogens with zero attached hydrogens (tertiary/aromatic N) is 3. The minimum Gasteiger partial charge on any atom is -0.454 e. The van der Waals surface area contributed by atoms with Gasteiger partial charge in [0.25, 0.3) is 0 Å². The molecule has 2 aromatic heterocycles. The molecule has 0 radical (unpaired) electrons. The van der Waals surface area contributed by atoms with Crippen LogP contribution < -0.4 is 10.5 Å². The summed E-state index contributed by atoms with van der Waals surface area (Å²) in [6, 6.07) is 11.7. The van der Waals surface area contributed by atoms with Gasteiger partial charge in [0.05, 0.1) is 5.92 Å². The number of pyridine rings is 1. The fourth-order valence-electron chi connectivity index (χ4n) is 4.00. The number of hydrogen-bond donors (Lipinski definition) is 2. The standard InChI is InChI=1S/C23H17F2N5O/c1-12-9-16-19(22-29-7-8-30(22)23(26)27)15-11-13(14-3-2-6-28-21(14)25)4-5-18(15)31-20(16)17(24)10-12/h2-11,19H,1H3,(H3,26,27)/t19-/m1/s1. The van der Waals surface area contributed by atoms with E-state index in [2.05, 4.69) is 9.97 Å². The molecule has 31 heavy (non-hydrogen) atoms. The number of nitrogen functional groups attached to an aromatic ring is 1. The number of hydrogen-bond acceptors (Lipinski definition) is 4. The number of fused-ring (bicyclic) bond motifs is 2. The quantitative estimate of drug-likeness (QED) is 0.250. The lowest BCUT2D eigenvalue weighted by Gasteiger charge is -2.29. The van der Waals surface area contributed by atoms with E-state index in [1.807, 2.05) is 6.07 Å². The number of ether oxygens (including phenoxy) is 1. The normalized spacial score (nSPS) is 14.5. The van der Waals surface area contributed by atoms with Gasteiger partial charge in [0.15, 0.2) is 17.5 Å². The molecule has 6 nitrogen and oxygen atoms in total. The van der Waals surface area contributed by atoms with E-state index in [0.717, 1.165) is 0 Å². The summed E-state index contributed by atoms with van der Waals surface area (Å²) in [5.74, 6) is -0.923. The van der Waals surface area contributed by atoms with Crippen molar-refractivity contribution in [3.63, 3.8) is 0 Å². The molecule has 0 unspecified atom stereocenters. The van der Waals surface area contributed by atoms with Crippen LogP contribution in [0.2, 0.25) is 0 Å². The van der Waals surface area contributed by atoms with Gasteiger partial charge in [0, 0.05) is 35.3 Å². The maximum Gasteiger partial charge on any atom is 0.220 e. The van der Waals surface area contributed by atoms with E-state index >= 15 is 0 Å². The van der Waals surface area contributed by atoms with Gasteiger partial charge in [0.1, 0.15) is 11.6 Å². The molecule has 2 aromatic carbocycles. The summed E-state index contributed by atoms with van der Waals surface area (Å²) in [6.07, 6.45) is 4.49. The van der Waals surface area contributed by atoms with Gasteiger partial charge in [0.2, 0.25) is 5.95 Å². The highest BCUT2D eigenvalue weighted by molar-refractivity contribution is 5.78. The van der Waals surface area contributed by atoms with Crippen molar-refractivity contribution < 1.29 is 13.5 Å². The summed E-state index contributed by atoms with van der Waals surface area (Å²) in [4.78, 5) is 8.14. The maximum absolute atomic E-state index is 14.8. The maximum atomic E-state index is 14.8. The average molecular weight is 417 g/mol. The SMILES string of the molecule is Cc1cc(F)c2c(c1)[C@H](c1nccn1C(=N)N)c1cc(-c3cccnc3F)ccc1O2. The van der Waals surface area contributed by atoms with Gasteiger partial charge in [-0.25, -0.2) is 14.4 Å². The molecule has 154 valence electrons. The zero-order valence-corrected chi connectivity index (χ0v) is 16.4.